The fraction of sp³-hybridized carbons (Fsp3) is 1.00. The zero-order valence-electron chi connectivity index (χ0n) is 16.8. The van der Waals surface area contributed by atoms with E-state index in [1.54, 1.807) is 0 Å². The molecule has 0 aliphatic heterocycles. The molecular formula is C21H46BrN. The molecule has 0 spiro atoms. The van der Waals surface area contributed by atoms with Crippen LogP contribution in [0.25, 0.3) is 0 Å². The first-order valence-corrected chi connectivity index (χ1v) is 10.5. The molecule has 0 unspecified atom stereocenters. The zero-order chi connectivity index (χ0) is 16.5. The van der Waals surface area contributed by atoms with Gasteiger partial charge in [0.15, 0.2) is 0 Å². The molecule has 2 heteroatoms. The Hall–Kier alpha value is 0.440. The molecule has 142 valence electrons. The predicted octanol–water partition coefficient (Wildman–Crippen LogP) is 3.96. The predicted molar refractivity (Wildman–Crippen MR) is 102 cm³/mol. The molecule has 0 aromatic carbocycles. The number of rotatable bonds is 17. The van der Waals surface area contributed by atoms with Crippen molar-refractivity contribution in [2.75, 3.05) is 26.7 Å². The molecule has 0 radical (unpaired) electrons. The van der Waals surface area contributed by atoms with E-state index in [-0.39, 0.29) is 17.0 Å². The third-order valence-electron chi connectivity index (χ3n) is 5.15. The van der Waals surface area contributed by atoms with Crippen LogP contribution in [0.1, 0.15) is 111 Å². The summed E-state index contributed by atoms with van der Waals surface area (Å²) in [6.07, 6.45) is 20.0. The minimum Gasteiger partial charge on any atom is -1.00 e. The molecule has 0 atom stereocenters. The van der Waals surface area contributed by atoms with Gasteiger partial charge in [0.1, 0.15) is 0 Å². The SMILES string of the molecule is CCCCCCCCCCCC[N+](C)(CCCC)CCCC.[Br-]. The molecule has 0 aromatic heterocycles. The summed E-state index contributed by atoms with van der Waals surface area (Å²) in [6.45, 7) is 11.2. The molecule has 0 fully saturated rings. The Bertz CT molecular complexity index is 210. The van der Waals surface area contributed by atoms with Crippen LogP contribution in [0, 0.1) is 0 Å². The highest BCUT2D eigenvalue weighted by molar-refractivity contribution is 4.49. The summed E-state index contributed by atoms with van der Waals surface area (Å²) in [4.78, 5) is 0. The number of nitrogens with zero attached hydrogens (tertiary/aromatic N) is 1. The van der Waals surface area contributed by atoms with Gasteiger partial charge in [0.2, 0.25) is 0 Å². The second-order valence-electron chi connectivity index (χ2n) is 7.68. The molecule has 0 aliphatic carbocycles. The average Bonchev–Trinajstić information content (AvgIpc) is 2.53. The fourth-order valence-corrected chi connectivity index (χ4v) is 3.40. The fourth-order valence-electron chi connectivity index (χ4n) is 3.40. The lowest BCUT2D eigenvalue weighted by molar-refractivity contribution is -0.910. The zero-order valence-corrected chi connectivity index (χ0v) is 18.4. The second-order valence-corrected chi connectivity index (χ2v) is 7.68. The van der Waals surface area contributed by atoms with Crippen molar-refractivity contribution in [1.82, 2.24) is 0 Å². The van der Waals surface area contributed by atoms with Crippen LogP contribution >= 0.6 is 0 Å². The lowest BCUT2D eigenvalue weighted by atomic mass is 10.1. The molecule has 0 heterocycles. The summed E-state index contributed by atoms with van der Waals surface area (Å²) >= 11 is 0. The second kappa shape index (κ2) is 18.8. The van der Waals surface area contributed by atoms with Crippen molar-refractivity contribution >= 4 is 0 Å². The number of hydrogen-bond acceptors (Lipinski definition) is 0. The smallest absolute Gasteiger partial charge is 0.0784 e. The first-order valence-electron chi connectivity index (χ1n) is 10.5. The molecule has 1 nitrogen and oxygen atoms in total. The van der Waals surface area contributed by atoms with Crippen LogP contribution in [-0.2, 0) is 0 Å². The molecule has 0 N–H and O–H groups in total. The van der Waals surface area contributed by atoms with Crippen molar-refractivity contribution in [1.29, 1.82) is 0 Å². The molecule has 0 bridgehead atoms. The Morgan fingerprint density at radius 3 is 1.13 bits per heavy atom. The summed E-state index contributed by atoms with van der Waals surface area (Å²) < 4.78 is 1.33. The number of quaternary nitrogens is 1. The van der Waals surface area contributed by atoms with Gasteiger partial charge in [-0.2, -0.15) is 0 Å². The normalized spacial score (nSPS) is 11.5. The quantitative estimate of drug-likeness (QED) is 0.260. The third kappa shape index (κ3) is 17.1. The van der Waals surface area contributed by atoms with Crippen molar-refractivity contribution in [2.45, 2.75) is 111 Å². The highest BCUT2D eigenvalue weighted by Crippen LogP contribution is 2.14. The van der Waals surface area contributed by atoms with Crippen LogP contribution in [0.4, 0.5) is 0 Å². The maximum Gasteiger partial charge on any atom is 0.0784 e. The average molecular weight is 393 g/mol. The van der Waals surface area contributed by atoms with Crippen molar-refractivity contribution in [3.8, 4) is 0 Å². The minimum atomic E-state index is 0. The van der Waals surface area contributed by atoms with E-state index in [1.165, 1.54) is 114 Å². The first kappa shape index (κ1) is 25.7. The van der Waals surface area contributed by atoms with Gasteiger partial charge in [-0.3, -0.25) is 0 Å². The van der Waals surface area contributed by atoms with Crippen molar-refractivity contribution in [3.63, 3.8) is 0 Å². The van der Waals surface area contributed by atoms with E-state index in [2.05, 4.69) is 27.8 Å². The van der Waals surface area contributed by atoms with Gasteiger partial charge >= 0.3 is 0 Å². The number of hydrogen-bond donors (Lipinski definition) is 0. The van der Waals surface area contributed by atoms with Crippen LogP contribution in [0.5, 0.6) is 0 Å². The summed E-state index contributed by atoms with van der Waals surface area (Å²) in [5.41, 5.74) is 0. The van der Waals surface area contributed by atoms with E-state index in [1.807, 2.05) is 0 Å². The van der Waals surface area contributed by atoms with E-state index in [4.69, 9.17) is 0 Å². The van der Waals surface area contributed by atoms with Gasteiger partial charge in [-0.25, -0.2) is 0 Å². The van der Waals surface area contributed by atoms with E-state index in [0.29, 0.717) is 0 Å². The van der Waals surface area contributed by atoms with Crippen LogP contribution in [0.15, 0.2) is 0 Å². The molecule has 0 aromatic rings. The van der Waals surface area contributed by atoms with Gasteiger partial charge in [-0.05, 0) is 25.7 Å². The number of halogens is 1. The van der Waals surface area contributed by atoms with Crippen LogP contribution < -0.4 is 17.0 Å². The summed E-state index contributed by atoms with van der Waals surface area (Å²) in [5, 5.41) is 0. The van der Waals surface area contributed by atoms with Crippen LogP contribution in [0.3, 0.4) is 0 Å². The highest BCUT2D eigenvalue weighted by Gasteiger charge is 2.19. The Morgan fingerprint density at radius 1 is 0.435 bits per heavy atom. The highest BCUT2D eigenvalue weighted by atomic mass is 79.9. The van der Waals surface area contributed by atoms with Gasteiger partial charge in [0.25, 0.3) is 0 Å². The van der Waals surface area contributed by atoms with Crippen molar-refractivity contribution in [3.05, 3.63) is 0 Å². The van der Waals surface area contributed by atoms with Gasteiger partial charge < -0.3 is 21.5 Å². The largest absolute Gasteiger partial charge is 1.00 e. The van der Waals surface area contributed by atoms with E-state index >= 15 is 0 Å². The van der Waals surface area contributed by atoms with Crippen LogP contribution in [0.2, 0.25) is 0 Å². The summed E-state index contributed by atoms with van der Waals surface area (Å²) in [5.74, 6) is 0. The molecule has 0 aliphatic rings. The molecule has 23 heavy (non-hydrogen) atoms. The lowest BCUT2D eigenvalue weighted by Crippen LogP contribution is -3.00. The standard InChI is InChI=1S/C21H46N.BrH/c1-5-8-11-12-13-14-15-16-17-18-21-22(4,19-9-6-2)20-10-7-3;/h5-21H2,1-4H3;1H/q+1;/p-1. The molecule has 0 saturated carbocycles. The third-order valence-corrected chi connectivity index (χ3v) is 5.15. The monoisotopic (exact) mass is 391 g/mol. The van der Waals surface area contributed by atoms with Gasteiger partial charge in [-0.1, -0.05) is 85.0 Å². The molecule has 0 saturated heterocycles. The van der Waals surface area contributed by atoms with Gasteiger partial charge in [-0.15, -0.1) is 0 Å². The molecule has 0 amide bonds. The molecular weight excluding hydrogens is 346 g/mol. The number of unbranched alkanes of at least 4 members (excludes halogenated alkanes) is 11. The molecule has 0 rings (SSSR count). The van der Waals surface area contributed by atoms with E-state index in [9.17, 15) is 0 Å². The van der Waals surface area contributed by atoms with E-state index < -0.39 is 0 Å². The van der Waals surface area contributed by atoms with Gasteiger partial charge in [0.05, 0.1) is 26.7 Å². The lowest BCUT2D eigenvalue weighted by Gasteiger charge is -2.35. The Balaban J connectivity index is 0. The maximum atomic E-state index is 2.50. The van der Waals surface area contributed by atoms with Crippen LogP contribution in [-0.4, -0.2) is 31.2 Å². The Labute approximate surface area is 159 Å². The Morgan fingerprint density at radius 2 is 0.739 bits per heavy atom. The summed E-state index contributed by atoms with van der Waals surface area (Å²) in [6, 6.07) is 0. The minimum absolute atomic E-state index is 0. The summed E-state index contributed by atoms with van der Waals surface area (Å²) in [7, 11) is 2.50. The maximum absolute atomic E-state index is 2.50. The van der Waals surface area contributed by atoms with Crippen molar-refractivity contribution in [2.24, 2.45) is 0 Å². The van der Waals surface area contributed by atoms with Crippen molar-refractivity contribution < 1.29 is 21.5 Å². The van der Waals surface area contributed by atoms with E-state index in [0.717, 1.165) is 0 Å². The van der Waals surface area contributed by atoms with Gasteiger partial charge in [0, 0.05) is 0 Å². The Kier molecular flexibility index (Phi) is 21.0. The topological polar surface area (TPSA) is 0 Å². The first-order chi connectivity index (χ1) is 10.7.